The van der Waals surface area contributed by atoms with Gasteiger partial charge in [0.1, 0.15) is 18.2 Å². The van der Waals surface area contributed by atoms with Gasteiger partial charge in [-0.25, -0.2) is 15.0 Å². The number of ether oxygens (including phenoxy) is 1. The molecular weight excluding hydrogens is 460 g/mol. The maximum Gasteiger partial charge on any atom is 0.244 e. The first kappa shape index (κ1) is 22.2. The number of aliphatic hydroxyl groups is 1. The van der Waals surface area contributed by atoms with E-state index in [1.54, 1.807) is 29.0 Å². The van der Waals surface area contributed by atoms with E-state index < -0.39 is 6.10 Å². The molecule has 0 saturated carbocycles. The molecular formula is C25H26N8O3. The van der Waals surface area contributed by atoms with Crippen LogP contribution in [0.4, 0.5) is 17.5 Å². The molecule has 0 radical (unpaired) electrons. The first-order chi connectivity index (χ1) is 17.4. The summed E-state index contributed by atoms with van der Waals surface area (Å²) in [6.45, 7) is 3.25. The van der Waals surface area contributed by atoms with Gasteiger partial charge in [0.05, 0.1) is 18.4 Å². The van der Waals surface area contributed by atoms with Crippen LogP contribution in [-0.4, -0.2) is 60.8 Å². The Morgan fingerprint density at radius 3 is 2.92 bits per heavy atom. The molecule has 184 valence electrons. The van der Waals surface area contributed by atoms with Crippen LogP contribution in [0.5, 0.6) is 5.88 Å². The lowest BCUT2D eigenvalue weighted by Crippen LogP contribution is -2.29. The average molecular weight is 487 g/mol. The molecule has 0 aliphatic carbocycles. The van der Waals surface area contributed by atoms with E-state index in [0.717, 1.165) is 34.0 Å². The lowest BCUT2D eigenvalue weighted by atomic mass is 9.95. The smallest absolute Gasteiger partial charge is 0.244 e. The van der Waals surface area contributed by atoms with Gasteiger partial charge in [-0.1, -0.05) is 0 Å². The fourth-order valence-corrected chi connectivity index (χ4v) is 4.79. The summed E-state index contributed by atoms with van der Waals surface area (Å²) < 4.78 is 7.35. The third-order valence-electron chi connectivity index (χ3n) is 6.87. The van der Waals surface area contributed by atoms with Crippen LogP contribution in [0.15, 0.2) is 30.6 Å². The highest BCUT2D eigenvalue weighted by molar-refractivity contribution is 5.95. The number of nitrogens with one attached hydrogen (secondary N) is 1. The van der Waals surface area contributed by atoms with Crippen molar-refractivity contribution in [1.82, 2.24) is 29.6 Å². The van der Waals surface area contributed by atoms with Crippen molar-refractivity contribution >= 4 is 34.1 Å². The number of likely N-dealkylation sites (N-methyl/N-ethyl adjacent to an activating group) is 1. The van der Waals surface area contributed by atoms with Gasteiger partial charge in [0, 0.05) is 67.1 Å². The zero-order valence-electron chi connectivity index (χ0n) is 20.0. The first-order valence-electron chi connectivity index (χ1n) is 11.8. The fraction of sp³-hybridized carbons (Fsp3) is 0.320. The Balaban J connectivity index is 1.34. The molecule has 4 aromatic heterocycles. The summed E-state index contributed by atoms with van der Waals surface area (Å²) in [5.41, 5.74) is 10.3. The Morgan fingerprint density at radius 1 is 1.19 bits per heavy atom. The van der Waals surface area contributed by atoms with E-state index in [2.05, 4.69) is 25.4 Å². The zero-order valence-corrected chi connectivity index (χ0v) is 20.0. The SMILES string of the molecule is Cc1c(-c2cc3cc(Nc4cc5n(n4)CC(=O)N(C)CC5)ncc3c(N)n2)cnc2c1[C@@H](O)CCO2. The monoisotopic (exact) mass is 486 g/mol. The van der Waals surface area contributed by atoms with Gasteiger partial charge in [0.2, 0.25) is 11.8 Å². The van der Waals surface area contributed by atoms with E-state index in [4.69, 9.17) is 10.5 Å². The fourth-order valence-electron chi connectivity index (χ4n) is 4.79. The van der Waals surface area contributed by atoms with Crippen LogP contribution in [0.2, 0.25) is 0 Å². The minimum absolute atomic E-state index is 0.0359. The van der Waals surface area contributed by atoms with Gasteiger partial charge in [-0.3, -0.25) is 9.48 Å². The van der Waals surface area contributed by atoms with E-state index in [1.807, 2.05) is 25.1 Å². The molecule has 36 heavy (non-hydrogen) atoms. The number of fused-ring (bicyclic) bond motifs is 3. The summed E-state index contributed by atoms with van der Waals surface area (Å²) in [6, 6.07) is 5.77. The maximum absolute atomic E-state index is 12.2. The third-order valence-corrected chi connectivity index (χ3v) is 6.87. The number of nitrogens with zero attached hydrogens (tertiary/aromatic N) is 6. The summed E-state index contributed by atoms with van der Waals surface area (Å²) in [7, 11) is 1.80. The van der Waals surface area contributed by atoms with Gasteiger partial charge in [0.15, 0.2) is 5.82 Å². The van der Waals surface area contributed by atoms with Gasteiger partial charge in [0.25, 0.3) is 0 Å². The number of amides is 1. The second-order valence-electron chi connectivity index (χ2n) is 9.22. The Bertz CT molecular complexity index is 1520. The van der Waals surface area contributed by atoms with Gasteiger partial charge in [-0.05, 0) is 30.0 Å². The second kappa shape index (κ2) is 8.45. The molecule has 0 fully saturated rings. The number of hydrogen-bond donors (Lipinski definition) is 3. The van der Waals surface area contributed by atoms with Crippen LogP contribution in [0, 0.1) is 6.92 Å². The van der Waals surface area contributed by atoms with Crippen molar-refractivity contribution in [2.45, 2.75) is 32.4 Å². The first-order valence-corrected chi connectivity index (χ1v) is 11.8. The minimum atomic E-state index is -0.625. The second-order valence-corrected chi connectivity index (χ2v) is 9.22. The van der Waals surface area contributed by atoms with E-state index in [-0.39, 0.29) is 12.5 Å². The number of nitrogen functional groups attached to an aromatic ring is 1. The molecule has 0 aromatic carbocycles. The number of nitrogens with two attached hydrogens (primary N) is 1. The van der Waals surface area contributed by atoms with Crippen LogP contribution >= 0.6 is 0 Å². The molecule has 4 aromatic rings. The molecule has 0 saturated heterocycles. The van der Waals surface area contributed by atoms with Gasteiger partial charge < -0.3 is 25.8 Å². The molecule has 0 unspecified atom stereocenters. The van der Waals surface area contributed by atoms with Crippen molar-refractivity contribution in [3.63, 3.8) is 0 Å². The highest BCUT2D eigenvalue weighted by Crippen LogP contribution is 2.38. The maximum atomic E-state index is 12.2. The molecule has 11 heteroatoms. The zero-order chi connectivity index (χ0) is 25.0. The number of rotatable bonds is 3. The summed E-state index contributed by atoms with van der Waals surface area (Å²) in [6.07, 6.45) is 4.02. The molecule has 6 rings (SSSR count). The molecule has 4 N–H and O–H groups in total. The highest BCUT2D eigenvalue weighted by Gasteiger charge is 2.25. The van der Waals surface area contributed by atoms with E-state index in [0.29, 0.717) is 54.2 Å². The van der Waals surface area contributed by atoms with Crippen LogP contribution < -0.4 is 15.8 Å². The Morgan fingerprint density at radius 2 is 2.06 bits per heavy atom. The van der Waals surface area contributed by atoms with Crippen molar-refractivity contribution in [1.29, 1.82) is 0 Å². The number of anilines is 3. The number of aromatic nitrogens is 5. The summed E-state index contributed by atoms with van der Waals surface area (Å²) in [5, 5.41) is 19.9. The molecule has 2 aliphatic rings. The standard InChI is InChI=1S/C25H26N8O3/c1-13-16(10-28-25-23(13)19(34)4-6-36-25)18-7-14-8-20(27-11-17(14)24(26)29-18)30-21-9-15-3-5-32(2)22(35)12-33(15)31-21/h7-11,19,34H,3-6,12H2,1-2H3,(H2,26,29)(H,27,30,31)/t19-/m0/s1. The van der Waals surface area contributed by atoms with Crippen molar-refractivity contribution in [2.24, 2.45) is 0 Å². The van der Waals surface area contributed by atoms with E-state index in [1.165, 1.54) is 0 Å². The summed E-state index contributed by atoms with van der Waals surface area (Å²) >= 11 is 0. The molecule has 6 heterocycles. The molecule has 0 spiro atoms. The molecule has 2 aliphatic heterocycles. The van der Waals surface area contributed by atoms with Crippen LogP contribution in [0.1, 0.15) is 29.3 Å². The number of aliphatic hydroxyl groups excluding tert-OH is 1. The highest BCUT2D eigenvalue weighted by atomic mass is 16.5. The van der Waals surface area contributed by atoms with Crippen molar-refractivity contribution in [3.8, 4) is 17.1 Å². The van der Waals surface area contributed by atoms with Crippen molar-refractivity contribution < 1.29 is 14.6 Å². The number of hydrogen-bond acceptors (Lipinski definition) is 9. The number of carbonyl (C=O) groups excluding carboxylic acids is 1. The van der Waals surface area contributed by atoms with Gasteiger partial charge in [-0.15, -0.1) is 0 Å². The number of carbonyl (C=O) groups is 1. The third kappa shape index (κ3) is 3.77. The molecule has 0 bridgehead atoms. The quantitative estimate of drug-likeness (QED) is 0.397. The normalized spacial score (nSPS) is 17.4. The molecule has 1 amide bonds. The van der Waals surface area contributed by atoms with Gasteiger partial charge >= 0.3 is 0 Å². The van der Waals surface area contributed by atoms with Crippen LogP contribution in [-0.2, 0) is 17.8 Å². The Kier molecular flexibility index (Phi) is 5.22. The molecule has 1 atom stereocenters. The van der Waals surface area contributed by atoms with Crippen LogP contribution in [0.3, 0.4) is 0 Å². The largest absolute Gasteiger partial charge is 0.477 e. The topological polar surface area (TPSA) is 144 Å². The lowest BCUT2D eigenvalue weighted by Gasteiger charge is -2.24. The van der Waals surface area contributed by atoms with Crippen molar-refractivity contribution in [2.75, 3.05) is 31.2 Å². The average Bonchev–Trinajstić information content (AvgIpc) is 3.17. The van der Waals surface area contributed by atoms with Gasteiger partial charge in [-0.2, -0.15) is 5.10 Å². The predicted molar refractivity (Wildman–Crippen MR) is 134 cm³/mol. The Labute approximate surface area is 206 Å². The van der Waals surface area contributed by atoms with E-state index in [9.17, 15) is 9.90 Å². The minimum Gasteiger partial charge on any atom is -0.477 e. The molecule has 11 nitrogen and oxygen atoms in total. The summed E-state index contributed by atoms with van der Waals surface area (Å²) in [5.74, 6) is 2.08. The predicted octanol–water partition coefficient (Wildman–Crippen LogP) is 2.35. The van der Waals surface area contributed by atoms with E-state index >= 15 is 0 Å². The van der Waals surface area contributed by atoms with Crippen LogP contribution in [0.25, 0.3) is 22.0 Å². The van der Waals surface area contributed by atoms with Crippen molar-refractivity contribution in [3.05, 3.63) is 47.4 Å². The number of pyridine rings is 3. The summed E-state index contributed by atoms with van der Waals surface area (Å²) in [4.78, 5) is 27.4. The Hall–Kier alpha value is -4.25. The lowest BCUT2D eigenvalue weighted by molar-refractivity contribution is -0.130.